The molecule has 1 aromatic rings. The summed E-state index contributed by atoms with van der Waals surface area (Å²) in [6.45, 7) is 1.25. The number of piperazine rings is 1. The van der Waals surface area contributed by atoms with Crippen LogP contribution in [0.1, 0.15) is 24.8 Å². The van der Waals surface area contributed by atoms with Crippen molar-refractivity contribution in [3.63, 3.8) is 0 Å². The monoisotopic (exact) mass is 501 g/mol. The van der Waals surface area contributed by atoms with Crippen molar-refractivity contribution in [3.05, 3.63) is 29.8 Å². The standard InChI is InChI=1S/C19H26F3N3O5S.ClH/c20-19(21,22)6-5-15-1-3-16(4-2-15)24-9-11-25(12-10-24)31(28,29)18(17(26)23-27)7-13-30-14-8-18;/h1-4,27H,5-14H2,(H,23,26);1H. The summed E-state index contributed by atoms with van der Waals surface area (Å²) in [6, 6.07) is 6.75. The Balaban J connectivity index is 0.00000363. The highest BCUT2D eigenvalue weighted by molar-refractivity contribution is 7.91. The first-order valence-electron chi connectivity index (χ1n) is 10.0. The van der Waals surface area contributed by atoms with Gasteiger partial charge in [0, 0.05) is 64.3 Å². The lowest BCUT2D eigenvalue weighted by molar-refractivity contribution is -0.135. The van der Waals surface area contributed by atoms with Crippen LogP contribution in [0.25, 0.3) is 0 Å². The number of halogens is 4. The van der Waals surface area contributed by atoms with E-state index in [1.807, 2.05) is 4.90 Å². The Bertz CT molecular complexity index is 869. The van der Waals surface area contributed by atoms with E-state index >= 15 is 0 Å². The zero-order chi connectivity index (χ0) is 22.7. The van der Waals surface area contributed by atoms with Gasteiger partial charge in [0.25, 0.3) is 5.91 Å². The van der Waals surface area contributed by atoms with Gasteiger partial charge in [0.1, 0.15) is 0 Å². The maximum Gasteiger partial charge on any atom is 0.389 e. The van der Waals surface area contributed by atoms with Gasteiger partial charge in [-0.05, 0) is 24.1 Å². The number of nitrogens with one attached hydrogen (secondary N) is 1. The Hall–Kier alpha value is -1.60. The molecule has 2 heterocycles. The third-order valence-electron chi connectivity index (χ3n) is 5.89. The van der Waals surface area contributed by atoms with Gasteiger partial charge in [-0.15, -0.1) is 12.4 Å². The summed E-state index contributed by atoms with van der Waals surface area (Å²) >= 11 is 0. The minimum atomic E-state index is -4.20. The minimum absolute atomic E-state index is 0. The van der Waals surface area contributed by atoms with E-state index in [4.69, 9.17) is 9.94 Å². The zero-order valence-corrected chi connectivity index (χ0v) is 18.9. The van der Waals surface area contributed by atoms with Crippen molar-refractivity contribution >= 4 is 34.0 Å². The van der Waals surface area contributed by atoms with E-state index in [2.05, 4.69) is 0 Å². The molecule has 0 unspecified atom stereocenters. The second-order valence-corrected chi connectivity index (χ2v) is 9.97. The SMILES string of the molecule is Cl.O=C(NO)C1(S(=O)(=O)N2CCN(c3ccc(CCC(F)(F)F)cc3)CC2)CCOCC1. The van der Waals surface area contributed by atoms with Crippen LogP contribution in [0, 0.1) is 0 Å². The maximum absolute atomic E-state index is 13.3. The topological polar surface area (TPSA) is 99.2 Å². The Morgan fingerprint density at radius 1 is 1.09 bits per heavy atom. The first-order chi connectivity index (χ1) is 14.6. The molecule has 0 radical (unpaired) electrons. The fourth-order valence-corrected chi connectivity index (χ4v) is 6.10. The molecule has 0 saturated carbocycles. The molecule has 1 aromatic carbocycles. The number of alkyl halides is 3. The largest absolute Gasteiger partial charge is 0.389 e. The number of carbonyl (C=O) groups is 1. The Morgan fingerprint density at radius 3 is 2.16 bits per heavy atom. The number of amides is 1. The number of hydroxylamine groups is 1. The summed E-state index contributed by atoms with van der Waals surface area (Å²) in [5, 5.41) is 9.12. The normalized spacial score (nSPS) is 19.8. The number of ether oxygens (including phenoxy) is 1. The number of rotatable bonds is 6. The maximum atomic E-state index is 13.3. The summed E-state index contributed by atoms with van der Waals surface area (Å²) in [6.07, 6.45) is -5.25. The van der Waals surface area contributed by atoms with Crippen molar-refractivity contribution < 1.29 is 36.3 Å². The lowest BCUT2D eigenvalue weighted by Gasteiger charge is -2.42. The first kappa shape index (κ1) is 26.7. The number of carbonyl (C=O) groups excluding carboxylic acids is 1. The number of sulfonamides is 1. The summed E-state index contributed by atoms with van der Waals surface area (Å²) in [5.41, 5.74) is 2.87. The molecule has 8 nitrogen and oxygen atoms in total. The van der Waals surface area contributed by atoms with Crippen LogP contribution in [0.2, 0.25) is 0 Å². The van der Waals surface area contributed by atoms with Crippen LogP contribution in [0.3, 0.4) is 0 Å². The number of aryl methyl sites for hydroxylation is 1. The molecular formula is C19H27ClF3N3O5S. The van der Waals surface area contributed by atoms with Crippen molar-refractivity contribution in [2.24, 2.45) is 0 Å². The highest BCUT2D eigenvalue weighted by Crippen LogP contribution is 2.34. The van der Waals surface area contributed by atoms with E-state index in [0.717, 1.165) is 5.69 Å². The molecule has 0 aliphatic carbocycles. The summed E-state index contributed by atoms with van der Waals surface area (Å²) < 4.78 is 68.4. The van der Waals surface area contributed by atoms with Crippen LogP contribution in [-0.2, 0) is 26.0 Å². The van der Waals surface area contributed by atoms with Crippen LogP contribution in [0.5, 0.6) is 0 Å². The predicted molar refractivity (Wildman–Crippen MR) is 113 cm³/mol. The van der Waals surface area contributed by atoms with Gasteiger partial charge in [-0.25, -0.2) is 13.9 Å². The molecule has 0 atom stereocenters. The van der Waals surface area contributed by atoms with Gasteiger partial charge in [0.05, 0.1) is 0 Å². The number of nitrogens with zero attached hydrogens (tertiary/aromatic N) is 2. The van der Waals surface area contributed by atoms with Gasteiger partial charge in [-0.3, -0.25) is 10.0 Å². The van der Waals surface area contributed by atoms with Crippen molar-refractivity contribution in [1.29, 1.82) is 0 Å². The molecule has 2 saturated heterocycles. The molecule has 3 rings (SSSR count). The van der Waals surface area contributed by atoms with Gasteiger partial charge < -0.3 is 9.64 Å². The fourth-order valence-electron chi connectivity index (χ4n) is 4.00. The highest BCUT2D eigenvalue weighted by Gasteiger charge is 2.54. The molecule has 1 amide bonds. The van der Waals surface area contributed by atoms with E-state index in [-0.39, 0.29) is 58.0 Å². The van der Waals surface area contributed by atoms with Crippen molar-refractivity contribution in [2.45, 2.75) is 36.6 Å². The van der Waals surface area contributed by atoms with Crippen molar-refractivity contribution in [1.82, 2.24) is 9.79 Å². The van der Waals surface area contributed by atoms with E-state index in [1.54, 1.807) is 24.3 Å². The van der Waals surface area contributed by atoms with Gasteiger partial charge in [0.15, 0.2) is 4.75 Å². The third kappa shape index (κ3) is 5.66. The van der Waals surface area contributed by atoms with E-state index in [1.165, 1.54) is 9.79 Å². The van der Waals surface area contributed by atoms with Gasteiger partial charge >= 0.3 is 6.18 Å². The summed E-state index contributed by atoms with van der Waals surface area (Å²) in [5.74, 6) is -0.951. The van der Waals surface area contributed by atoms with E-state index in [0.29, 0.717) is 18.7 Å². The molecule has 0 aromatic heterocycles. The molecule has 13 heteroatoms. The van der Waals surface area contributed by atoms with Crippen molar-refractivity contribution in [2.75, 3.05) is 44.3 Å². The predicted octanol–water partition coefficient (Wildman–Crippen LogP) is 2.11. The quantitative estimate of drug-likeness (QED) is 0.457. The Kier molecular flexibility index (Phi) is 8.79. The molecule has 182 valence electrons. The van der Waals surface area contributed by atoms with Crippen molar-refractivity contribution in [3.8, 4) is 0 Å². The van der Waals surface area contributed by atoms with Crippen LogP contribution < -0.4 is 10.4 Å². The average molecular weight is 502 g/mol. The molecule has 0 bridgehead atoms. The molecule has 0 spiro atoms. The second kappa shape index (κ2) is 10.6. The molecule has 2 N–H and O–H groups in total. The van der Waals surface area contributed by atoms with Gasteiger partial charge in [-0.1, -0.05) is 12.1 Å². The first-order valence-corrected chi connectivity index (χ1v) is 11.5. The number of hydrogen-bond donors (Lipinski definition) is 2. The highest BCUT2D eigenvalue weighted by atomic mass is 35.5. The Labute approximate surface area is 191 Å². The summed E-state index contributed by atoms with van der Waals surface area (Å²) in [7, 11) is -4.04. The van der Waals surface area contributed by atoms with Crippen LogP contribution >= 0.6 is 12.4 Å². The zero-order valence-electron chi connectivity index (χ0n) is 17.3. The minimum Gasteiger partial charge on any atom is -0.381 e. The van der Waals surface area contributed by atoms with Gasteiger partial charge in [-0.2, -0.15) is 17.5 Å². The van der Waals surface area contributed by atoms with E-state index < -0.39 is 33.3 Å². The number of hydrogen-bond acceptors (Lipinski definition) is 6. The Morgan fingerprint density at radius 2 is 1.66 bits per heavy atom. The van der Waals surface area contributed by atoms with Crippen LogP contribution in [0.4, 0.5) is 18.9 Å². The second-order valence-electron chi connectivity index (χ2n) is 7.72. The van der Waals surface area contributed by atoms with Crippen LogP contribution in [-0.4, -0.2) is 74.2 Å². The average Bonchev–Trinajstić information content (AvgIpc) is 2.77. The lowest BCUT2D eigenvalue weighted by atomic mass is 9.98. The third-order valence-corrected chi connectivity index (χ3v) is 8.51. The van der Waals surface area contributed by atoms with Crippen LogP contribution in [0.15, 0.2) is 24.3 Å². The smallest absolute Gasteiger partial charge is 0.381 e. The molecule has 2 aliphatic rings. The molecule has 2 aliphatic heterocycles. The summed E-state index contributed by atoms with van der Waals surface area (Å²) in [4.78, 5) is 14.3. The number of anilines is 1. The molecule has 2 fully saturated rings. The lowest BCUT2D eigenvalue weighted by Crippen LogP contribution is -2.62. The molecule has 32 heavy (non-hydrogen) atoms. The van der Waals surface area contributed by atoms with Gasteiger partial charge in [0.2, 0.25) is 10.0 Å². The number of benzene rings is 1. The fraction of sp³-hybridized carbons (Fsp3) is 0.632. The van der Waals surface area contributed by atoms with E-state index in [9.17, 15) is 26.4 Å². The molecular weight excluding hydrogens is 475 g/mol.